The molecule has 0 spiro atoms. The smallest absolute Gasteiger partial charge is 0.245 e. The molecule has 0 aliphatic carbocycles. The van der Waals surface area contributed by atoms with Crippen LogP contribution < -0.4 is 11.5 Å². The number of aryl methyl sites for hydroxylation is 1. The summed E-state index contributed by atoms with van der Waals surface area (Å²) in [5, 5.41) is 0. The van der Waals surface area contributed by atoms with Gasteiger partial charge in [0.2, 0.25) is 15.9 Å². The molecule has 1 amide bonds. The van der Waals surface area contributed by atoms with Crippen molar-refractivity contribution in [3.8, 4) is 0 Å². The van der Waals surface area contributed by atoms with Crippen LogP contribution >= 0.6 is 0 Å². The fourth-order valence-electron chi connectivity index (χ4n) is 1.82. The van der Waals surface area contributed by atoms with Gasteiger partial charge in [-0.05, 0) is 31.0 Å². The molecule has 6 nitrogen and oxygen atoms in total. The minimum atomic E-state index is -3.82. The lowest BCUT2D eigenvalue weighted by atomic mass is 10.1. The van der Waals surface area contributed by atoms with Gasteiger partial charge in [-0.3, -0.25) is 4.79 Å². The van der Waals surface area contributed by atoms with E-state index in [1.54, 1.807) is 32.9 Å². The van der Waals surface area contributed by atoms with Gasteiger partial charge in [0.1, 0.15) is 4.90 Å². The third-order valence-electron chi connectivity index (χ3n) is 2.99. The zero-order valence-electron chi connectivity index (χ0n) is 11.3. The second-order valence-corrected chi connectivity index (χ2v) is 6.20. The summed E-state index contributed by atoms with van der Waals surface area (Å²) in [6, 6.07) is 3.31. The number of likely N-dealkylation sites (N-methyl/N-ethyl adjacent to an activating group) is 1. The molecule has 0 fully saturated rings. The number of carbonyl (C=O) groups is 1. The molecule has 1 rings (SSSR count). The number of nitrogen functional groups attached to an aromatic ring is 1. The first-order valence-electron chi connectivity index (χ1n) is 5.86. The molecule has 0 bridgehead atoms. The molecular formula is C12H19N3O3S. The van der Waals surface area contributed by atoms with Gasteiger partial charge < -0.3 is 11.5 Å². The molecule has 0 saturated carbocycles. The Bertz CT molecular complexity index is 596. The Morgan fingerprint density at radius 1 is 1.32 bits per heavy atom. The van der Waals surface area contributed by atoms with Crippen molar-refractivity contribution in [1.82, 2.24) is 4.31 Å². The van der Waals surface area contributed by atoms with Crippen molar-refractivity contribution in [2.45, 2.75) is 25.7 Å². The molecule has 0 atom stereocenters. The van der Waals surface area contributed by atoms with Crippen molar-refractivity contribution in [2.75, 3.05) is 18.8 Å². The first-order valence-corrected chi connectivity index (χ1v) is 7.30. The molecule has 1 aromatic rings. The highest BCUT2D eigenvalue weighted by atomic mass is 32.2. The first-order chi connectivity index (χ1) is 8.71. The monoisotopic (exact) mass is 285 g/mol. The summed E-state index contributed by atoms with van der Waals surface area (Å²) in [5.41, 5.74) is 12.4. The first kappa shape index (κ1) is 15.5. The van der Waals surface area contributed by atoms with Gasteiger partial charge in [0.05, 0.1) is 12.2 Å². The van der Waals surface area contributed by atoms with Crippen LogP contribution in [0.5, 0.6) is 0 Å². The molecule has 0 aliphatic heterocycles. The van der Waals surface area contributed by atoms with Crippen LogP contribution in [0.4, 0.5) is 5.69 Å². The molecule has 0 radical (unpaired) electrons. The maximum absolute atomic E-state index is 12.5. The number of hydrogen-bond acceptors (Lipinski definition) is 4. The van der Waals surface area contributed by atoms with Crippen LogP contribution in [0.15, 0.2) is 17.0 Å². The summed E-state index contributed by atoms with van der Waals surface area (Å²) in [7, 11) is -3.82. The average molecular weight is 285 g/mol. The van der Waals surface area contributed by atoms with E-state index >= 15 is 0 Å². The minimum Gasteiger partial charge on any atom is -0.398 e. The summed E-state index contributed by atoms with van der Waals surface area (Å²) in [6.07, 6.45) is 0. The summed E-state index contributed by atoms with van der Waals surface area (Å²) in [5.74, 6) is -0.700. The number of amides is 1. The van der Waals surface area contributed by atoms with E-state index in [2.05, 4.69) is 0 Å². The van der Waals surface area contributed by atoms with E-state index in [1.165, 1.54) is 0 Å². The summed E-state index contributed by atoms with van der Waals surface area (Å²) in [6.45, 7) is 4.93. The molecule has 0 unspecified atom stereocenters. The van der Waals surface area contributed by atoms with Crippen molar-refractivity contribution < 1.29 is 13.2 Å². The second kappa shape index (κ2) is 5.58. The van der Waals surface area contributed by atoms with Gasteiger partial charge in [-0.2, -0.15) is 4.31 Å². The van der Waals surface area contributed by atoms with E-state index < -0.39 is 15.9 Å². The number of nitrogens with two attached hydrogens (primary N) is 2. The van der Waals surface area contributed by atoms with Crippen LogP contribution in [0.1, 0.15) is 18.1 Å². The van der Waals surface area contributed by atoms with E-state index in [9.17, 15) is 13.2 Å². The quantitative estimate of drug-likeness (QED) is 0.763. The van der Waals surface area contributed by atoms with Gasteiger partial charge >= 0.3 is 0 Å². The van der Waals surface area contributed by atoms with Gasteiger partial charge in [0, 0.05) is 6.54 Å². The van der Waals surface area contributed by atoms with Crippen molar-refractivity contribution in [3.63, 3.8) is 0 Å². The van der Waals surface area contributed by atoms with Crippen molar-refractivity contribution in [1.29, 1.82) is 0 Å². The Kier molecular flexibility index (Phi) is 4.54. The maximum Gasteiger partial charge on any atom is 0.245 e. The Labute approximate surface area is 113 Å². The number of nitrogens with zero attached hydrogens (tertiary/aromatic N) is 1. The van der Waals surface area contributed by atoms with Gasteiger partial charge in [-0.25, -0.2) is 8.42 Å². The van der Waals surface area contributed by atoms with E-state index in [0.717, 1.165) is 9.87 Å². The topological polar surface area (TPSA) is 106 Å². The van der Waals surface area contributed by atoms with Crippen molar-refractivity contribution >= 4 is 21.6 Å². The van der Waals surface area contributed by atoms with Crippen LogP contribution in [-0.2, 0) is 14.8 Å². The third-order valence-corrected chi connectivity index (χ3v) is 5.11. The number of primary amides is 1. The Hall–Kier alpha value is -1.60. The zero-order chi connectivity index (χ0) is 14.8. The molecule has 106 valence electrons. The number of hydrogen-bond donors (Lipinski definition) is 2. The summed E-state index contributed by atoms with van der Waals surface area (Å²) in [4.78, 5) is 11.0. The second-order valence-electron chi connectivity index (χ2n) is 4.32. The van der Waals surface area contributed by atoms with Gasteiger partial charge in [-0.1, -0.05) is 13.0 Å². The molecular weight excluding hydrogens is 266 g/mol. The van der Waals surface area contributed by atoms with Crippen molar-refractivity contribution in [2.24, 2.45) is 5.73 Å². The van der Waals surface area contributed by atoms with Crippen molar-refractivity contribution in [3.05, 3.63) is 23.3 Å². The number of carbonyl (C=O) groups excluding carboxylic acids is 1. The fraction of sp³-hybridized carbons (Fsp3) is 0.417. The number of sulfonamides is 1. The third kappa shape index (κ3) is 3.05. The van der Waals surface area contributed by atoms with Gasteiger partial charge in [0.25, 0.3) is 0 Å². The molecule has 0 aromatic heterocycles. The summed E-state index contributed by atoms with van der Waals surface area (Å²) >= 11 is 0. The van der Waals surface area contributed by atoms with E-state index in [1.807, 2.05) is 0 Å². The highest BCUT2D eigenvalue weighted by Gasteiger charge is 2.28. The normalized spacial score (nSPS) is 11.8. The van der Waals surface area contributed by atoms with E-state index in [0.29, 0.717) is 5.56 Å². The van der Waals surface area contributed by atoms with E-state index in [4.69, 9.17) is 11.5 Å². The fourth-order valence-corrected chi connectivity index (χ4v) is 3.63. The van der Waals surface area contributed by atoms with Crippen LogP contribution in [0.3, 0.4) is 0 Å². The summed E-state index contributed by atoms with van der Waals surface area (Å²) < 4.78 is 26.1. The molecule has 0 aliphatic rings. The SMILES string of the molecule is CCN(CC(N)=O)S(=O)(=O)c1c(N)ccc(C)c1C. The highest BCUT2D eigenvalue weighted by Crippen LogP contribution is 2.28. The molecule has 4 N–H and O–H groups in total. The predicted molar refractivity (Wildman–Crippen MR) is 74.0 cm³/mol. The standard InChI is InChI=1S/C12H19N3O3S/c1-4-15(7-11(14)16)19(17,18)12-9(3)8(2)5-6-10(12)13/h5-6H,4,7,13H2,1-3H3,(H2,14,16). The maximum atomic E-state index is 12.5. The molecule has 7 heteroatoms. The Balaban J connectivity index is 3.42. The van der Waals surface area contributed by atoms with Crippen LogP contribution in [0.25, 0.3) is 0 Å². The largest absolute Gasteiger partial charge is 0.398 e. The number of anilines is 1. The number of benzene rings is 1. The van der Waals surface area contributed by atoms with Gasteiger partial charge in [0.15, 0.2) is 0 Å². The van der Waals surface area contributed by atoms with Gasteiger partial charge in [-0.15, -0.1) is 0 Å². The lowest BCUT2D eigenvalue weighted by Crippen LogP contribution is -2.38. The Morgan fingerprint density at radius 3 is 2.37 bits per heavy atom. The molecule has 0 heterocycles. The Morgan fingerprint density at radius 2 is 1.89 bits per heavy atom. The predicted octanol–water partition coefficient (Wildman–Crippen LogP) is 0.382. The average Bonchev–Trinajstić information content (AvgIpc) is 2.30. The molecule has 0 saturated heterocycles. The van der Waals surface area contributed by atoms with Crippen LogP contribution in [0, 0.1) is 13.8 Å². The lowest BCUT2D eigenvalue weighted by molar-refractivity contribution is -0.118. The molecule has 19 heavy (non-hydrogen) atoms. The van der Waals surface area contributed by atoms with Crippen LogP contribution in [0.2, 0.25) is 0 Å². The van der Waals surface area contributed by atoms with Crippen LogP contribution in [-0.4, -0.2) is 31.7 Å². The lowest BCUT2D eigenvalue weighted by Gasteiger charge is -2.21. The number of rotatable bonds is 5. The zero-order valence-corrected chi connectivity index (χ0v) is 12.1. The highest BCUT2D eigenvalue weighted by molar-refractivity contribution is 7.89. The minimum absolute atomic E-state index is 0.0515. The van der Waals surface area contributed by atoms with E-state index in [-0.39, 0.29) is 23.7 Å². The molecule has 1 aromatic carbocycles.